The van der Waals surface area contributed by atoms with Crippen molar-refractivity contribution >= 4 is 17.5 Å². The van der Waals surface area contributed by atoms with Crippen molar-refractivity contribution in [3.63, 3.8) is 0 Å². The zero-order valence-corrected chi connectivity index (χ0v) is 19.6. The van der Waals surface area contributed by atoms with Gasteiger partial charge in [0.15, 0.2) is 0 Å². The van der Waals surface area contributed by atoms with E-state index in [9.17, 15) is 9.59 Å². The summed E-state index contributed by atoms with van der Waals surface area (Å²) in [7, 11) is 0. The standard InChI is InChI=1S/C25H23ClN6O3/c26-20-8-6-19(7-9-20)25-27-22(35-29-25)16-30-12-14-31(15-13-30)24(34)17-32-23(33)11-10-21(28-32)18-4-2-1-3-5-18/h1-11H,12-17H2. The monoisotopic (exact) mass is 490 g/mol. The minimum atomic E-state index is -0.301. The van der Waals surface area contributed by atoms with Gasteiger partial charge in [-0.3, -0.25) is 14.5 Å². The van der Waals surface area contributed by atoms with Crippen molar-refractivity contribution in [2.45, 2.75) is 13.1 Å². The molecule has 0 unspecified atom stereocenters. The van der Waals surface area contributed by atoms with E-state index in [4.69, 9.17) is 16.1 Å². The Morgan fingerprint density at radius 1 is 0.914 bits per heavy atom. The molecule has 0 aliphatic carbocycles. The predicted octanol–water partition coefficient (Wildman–Crippen LogP) is 2.96. The highest BCUT2D eigenvalue weighted by Crippen LogP contribution is 2.19. The largest absolute Gasteiger partial charge is 0.339 e. The molecule has 3 heterocycles. The minimum absolute atomic E-state index is 0.0897. The number of rotatable bonds is 6. The van der Waals surface area contributed by atoms with Crippen LogP contribution in [0.25, 0.3) is 22.6 Å². The van der Waals surface area contributed by atoms with Gasteiger partial charge in [0.1, 0.15) is 6.54 Å². The molecule has 0 spiro atoms. The number of halogens is 1. The quantitative estimate of drug-likeness (QED) is 0.410. The zero-order valence-electron chi connectivity index (χ0n) is 18.9. The lowest BCUT2D eigenvalue weighted by Gasteiger charge is -2.33. The molecule has 1 saturated heterocycles. The highest BCUT2D eigenvalue weighted by atomic mass is 35.5. The molecule has 1 fully saturated rings. The first kappa shape index (κ1) is 22.9. The summed E-state index contributed by atoms with van der Waals surface area (Å²) >= 11 is 5.93. The average molecular weight is 491 g/mol. The van der Waals surface area contributed by atoms with Crippen LogP contribution in [0.1, 0.15) is 5.89 Å². The van der Waals surface area contributed by atoms with E-state index < -0.39 is 0 Å². The van der Waals surface area contributed by atoms with Crippen molar-refractivity contribution in [2.24, 2.45) is 0 Å². The number of nitrogens with zero attached hydrogens (tertiary/aromatic N) is 6. The lowest BCUT2D eigenvalue weighted by atomic mass is 10.1. The van der Waals surface area contributed by atoms with Gasteiger partial charge in [0.25, 0.3) is 5.56 Å². The molecule has 2 aromatic heterocycles. The molecule has 0 saturated carbocycles. The number of benzene rings is 2. The summed E-state index contributed by atoms with van der Waals surface area (Å²) in [6.07, 6.45) is 0. The van der Waals surface area contributed by atoms with Crippen LogP contribution < -0.4 is 5.56 Å². The first-order valence-electron chi connectivity index (χ1n) is 11.3. The maximum absolute atomic E-state index is 12.9. The molecule has 178 valence electrons. The van der Waals surface area contributed by atoms with E-state index in [1.807, 2.05) is 42.5 Å². The van der Waals surface area contributed by atoms with Crippen LogP contribution in [-0.2, 0) is 17.9 Å². The van der Waals surface area contributed by atoms with Gasteiger partial charge in [-0.25, -0.2) is 4.68 Å². The molecule has 1 amide bonds. The van der Waals surface area contributed by atoms with Crippen LogP contribution in [0.5, 0.6) is 0 Å². The topological polar surface area (TPSA) is 97.4 Å². The molecule has 35 heavy (non-hydrogen) atoms. The fourth-order valence-electron chi connectivity index (χ4n) is 3.94. The van der Waals surface area contributed by atoms with E-state index in [0.717, 1.165) is 11.1 Å². The van der Waals surface area contributed by atoms with Crippen molar-refractivity contribution < 1.29 is 9.32 Å². The second kappa shape index (κ2) is 10.2. The highest BCUT2D eigenvalue weighted by Gasteiger charge is 2.23. The number of hydrogen-bond acceptors (Lipinski definition) is 7. The molecule has 1 aliphatic heterocycles. The van der Waals surface area contributed by atoms with Crippen LogP contribution in [0.2, 0.25) is 5.02 Å². The molecule has 1 aliphatic rings. The Morgan fingerprint density at radius 2 is 1.66 bits per heavy atom. The zero-order chi connectivity index (χ0) is 24.2. The van der Waals surface area contributed by atoms with Crippen molar-refractivity contribution in [1.82, 2.24) is 29.7 Å². The van der Waals surface area contributed by atoms with E-state index >= 15 is 0 Å². The fourth-order valence-corrected chi connectivity index (χ4v) is 4.06. The highest BCUT2D eigenvalue weighted by molar-refractivity contribution is 6.30. The van der Waals surface area contributed by atoms with Crippen molar-refractivity contribution in [2.75, 3.05) is 26.2 Å². The van der Waals surface area contributed by atoms with E-state index in [1.165, 1.54) is 10.7 Å². The Labute approximate surface area is 206 Å². The lowest BCUT2D eigenvalue weighted by molar-refractivity contribution is -0.134. The van der Waals surface area contributed by atoms with E-state index in [1.54, 1.807) is 23.1 Å². The second-order valence-corrected chi connectivity index (χ2v) is 8.69. The van der Waals surface area contributed by atoms with Gasteiger partial charge in [-0.1, -0.05) is 47.1 Å². The van der Waals surface area contributed by atoms with E-state index in [2.05, 4.69) is 20.1 Å². The predicted molar refractivity (Wildman–Crippen MR) is 131 cm³/mol. The molecule has 9 nitrogen and oxygen atoms in total. The van der Waals surface area contributed by atoms with Crippen LogP contribution >= 0.6 is 11.6 Å². The SMILES string of the molecule is O=C(Cn1nc(-c2ccccc2)ccc1=O)N1CCN(Cc2nc(-c3ccc(Cl)cc3)no2)CC1. The summed E-state index contributed by atoms with van der Waals surface area (Å²) in [6, 6.07) is 19.9. The molecular weight excluding hydrogens is 468 g/mol. The van der Waals surface area contributed by atoms with Crippen LogP contribution in [0.15, 0.2) is 76.0 Å². The van der Waals surface area contributed by atoms with Crippen LogP contribution in [0, 0.1) is 0 Å². The lowest BCUT2D eigenvalue weighted by Crippen LogP contribution is -2.49. The van der Waals surface area contributed by atoms with Crippen molar-refractivity contribution in [3.05, 3.63) is 88.0 Å². The van der Waals surface area contributed by atoms with Crippen molar-refractivity contribution in [3.8, 4) is 22.6 Å². The van der Waals surface area contributed by atoms with Gasteiger partial charge in [-0.15, -0.1) is 0 Å². The number of aromatic nitrogens is 4. The number of carbonyl (C=O) groups is 1. The summed E-state index contributed by atoms with van der Waals surface area (Å²) in [5.41, 5.74) is 2.08. The van der Waals surface area contributed by atoms with E-state index in [0.29, 0.717) is 55.2 Å². The summed E-state index contributed by atoms with van der Waals surface area (Å²) in [4.78, 5) is 33.5. The van der Waals surface area contributed by atoms with Gasteiger partial charge in [-0.2, -0.15) is 10.1 Å². The van der Waals surface area contributed by atoms with Gasteiger partial charge < -0.3 is 9.42 Å². The number of piperazine rings is 1. The summed E-state index contributed by atoms with van der Waals surface area (Å²) in [5.74, 6) is 0.900. The molecule has 0 bridgehead atoms. The molecule has 10 heteroatoms. The van der Waals surface area contributed by atoms with Crippen LogP contribution in [0.4, 0.5) is 0 Å². The third-order valence-electron chi connectivity index (χ3n) is 5.88. The maximum atomic E-state index is 12.9. The van der Waals surface area contributed by atoms with Gasteiger partial charge in [0, 0.05) is 48.4 Å². The Kier molecular flexibility index (Phi) is 6.69. The molecule has 2 aromatic carbocycles. The first-order chi connectivity index (χ1) is 17.0. The third kappa shape index (κ3) is 5.47. The van der Waals surface area contributed by atoms with Gasteiger partial charge in [-0.05, 0) is 30.3 Å². The molecule has 4 aromatic rings. The molecule has 0 N–H and O–H groups in total. The van der Waals surface area contributed by atoms with Crippen molar-refractivity contribution in [1.29, 1.82) is 0 Å². The third-order valence-corrected chi connectivity index (χ3v) is 6.13. The molecule has 5 rings (SSSR count). The Hall–Kier alpha value is -3.82. The summed E-state index contributed by atoms with van der Waals surface area (Å²) in [6.45, 7) is 2.83. The van der Waals surface area contributed by atoms with Gasteiger partial charge >= 0.3 is 0 Å². The fraction of sp³-hybridized carbons (Fsp3) is 0.240. The second-order valence-electron chi connectivity index (χ2n) is 8.26. The number of hydrogen-bond donors (Lipinski definition) is 0. The molecule has 0 atom stereocenters. The Bertz CT molecular complexity index is 1360. The molecule has 0 radical (unpaired) electrons. The van der Waals surface area contributed by atoms with E-state index in [-0.39, 0.29) is 18.0 Å². The summed E-state index contributed by atoms with van der Waals surface area (Å²) in [5, 5.41) is 9.09. The number of amides is 1. The Balaban J connectivity index is 1.16. The normalized spacial score (nSPS) is 14.3. The molecular formula is C25H23ClN6O3. The van der Waals surface area contributed by atoms with Gasteiger partial charge in [0.05, 0.1) is 12.2 Å². The number of carbonyl (C=O) groups excluding carboxylic acids is 1. The van der Waals surface area contributed by atoms with Crippen LogP contribution in [-0.4, -0.2) is 61.8 Å². The average Bonchev–Trinajstić information content (AvgIpc) is 3.35. The smallest absolute Gasteiger partial charge is 0.267 e. The maximum Gasteiger partial charge on any atom is 0.267 e. The van der Waals surface area contributed by atoms with Crippen LogP contribution in [0.3, 0.4) is 0 Å². The summed E-state index contributed by atoms with van der Waals surface area (Å²) < 4.78 is 6.63. The Morgan fingerprint density at radius 3 is 2.40 bits per heavy atom. The first-order valence-corrected chi connectivity index (χ1v) is 11.7. The van der Waals surface area contributed by atoms with Gasteiger partial charge in [0.2, 0.25) is 17.6 Å². The minimum Gasteiger partial charge on any atom is -0.339 e.